The average molecular weight is 261 g/mol. The summed E-state index contributed by atoms with van der Waals surface area (Å²) in [5, 5.41) is 10.8. The van der Waals surface area contributed by atoms with Gasteiger partial charge in [0.1, 0.15) is 11.3 Å². The molecule has 0 saturated carbocycles. The lowest BCUT2D eigenvalue weighted by Gasteiger charge is -2.06. The van der Waals surface area contributed by atoms with Gasteiger partial charge in [-0.1, -0.05) is 51.5 Å². The second-order valence-corrected chi connectivity index (χ2v) is 4.92. The van der Waals surface area contributed by atoms with E-state index in [0.717, 1.165) is 29.8 Å². The van der Waals surface area contributed by atoms with Gasteiger partial charge in [0.25, 0.3) is 0 Å². The van der Waals surface area contributed by atoms with Crippen molar-refractivity contribution in [2.75, 3.05) is 6.61 Å². The summed E-state index contributed by atoms with van der Waals surface area (Å²) in [7, 11) is 0. The van der Waals surface area contributed by atoms with E-state index in [1.807, 2.05) is 18.2 Å². The molecule has 0 aliphatic carbocycles. The molecule has 0 unspecified atom stereocenters. The number of fused-ring (bicyclic) bond motifs is 1. The number of hydrogen-bond acceptors (Lipinski definition) is 3. The largest absolute Gasteiger partial charge is 0.491 e. The van der Waals surface area contributed by atoms with Gasteiger partial charge in [0, 0.05) is 0 Å². The molecule has 1 aromatic carbocycles. The average Bonchev–Trinajstić information content (AvgIpc) is 2.91. The van der Waals surface area contributed by atoms with E-state index in [4.69, 9.17) is 4.74 Å². The van der Waals surface area contributed by atoms with Gasteiger partial charge in [-0.05, 0) is 18.6 Å². The van der Waals surface area contributed by atoms with Crippen LogP contribution >= 0.6 is 0 Å². The van der Waals surface area contributed by atoms with Gasteiger partial charge in [0.15, 0.2) is 5.52 Å². The molecule has 2 aromatic rings. The number of aromatic nitrogens is 3. The van der Waals surface area contributed by atoms with Crippen molar-refractivity contribution >= 4 is 11.0 Å². The molecule has 4 heteroatoms. The van der Waals surface area contributed by atoms with Crippen molar-refractivity contribution in [2.24, 2.45) is 0 Å². The molecule has 1 aromatic heterocycles. The third-order valence-corrected chi connectivity index (χ3v) is 3.32. The molecule has 0 radical (unpaired) electrons. The maximum absolute atomic E-state index is 5.78. The lowest BCUT2D eigenvalue weighted by Crippen LogP contribution is -1.98. The summed E-state index contributed by atoms with van der Waals surface area (Å²) in [6.07, 6.45) is 9.08. The molecule has 0 atom stereocenters. The molecule has 0 bridgehead atoms. The summed E-state index contributed by atoms with van der Waals surface area (Å²) in [5.41, 5.74) is 1.68. The first-order valence-electron chi connectivity index (χ1n) is 7.34. The smallest absolute Gasteiger partial charge is 0.154 e. The number of unbranched alkanes of at least 4 members (excludes halogenated alkanes) is 6. The summed E-state index contributed by atoms with van der Waals surface area (Å²) in [6, 6.07) is 5.83. The lowest BCUT2D eigenvalue weighted by atomic mass is 10.1. The number of benzene rings is 1. The van der Waals surface area contributed by atoms with E-state index in [9.17, 15) is 0 Å². The predicted molar refractivity (Wildman–Crippen MR) is 77.4 cm³/mol. The second kappa shape index (κ2) is 7.77. The Hall–Kier alpha value is -1.58. The Kier molecular flexibility index (Phi) is 5.66. The third-order valence-electron chi connectivity index (χ3n) is 3.32. The normalized spacial score (nSPS) is 11.0. The maximum Gasteiger partial charge on any atom is 0.154 e. The number of nitrogens with one attached hydrogen (secondary N) is 1. The lowest BCUT2D eigenvalue weighted by molar-refractivity contribution is 0.307. The Morgan fingerprint density at radius 1 is 1.00 bits per heavy atom. The summed E-state index contributed by atoms with van der Waals surface area (Å²) in [6.45, 7) is 3.01. The van der Waals surface area contributed by atoms with E-state index >= 15 is 0 Å². The standard InChI is InChI=1S/C15H23N3O/c1-2-3-4-5-6-7-8-12-19-14-11-9-10-13-15(14)17-18-16-13/h9-11H,2-8,12H2,1H3,(H,16,17,18). The molecule has 2 rings (SSSR count). The third kappa shape index (κ3) is 4.23. The first kappa shape index (κ1) is 13.8. The SMILES string of the molecule is CCCCCCCCCOc1cccc2n[nH]nc12. The molecular formula is C15H23N3O. The van der Waals surface area contributed by atoms with E-state index in [1.165, 1.54) is 38.5 Å². The van der Waals surface area contributed by atoms with Crippen LogP contribution in [0.5, 0.6) is 5.75 Å². The molecule has 4 nitrogen and oxygen atoms in total. The van der Waals surface area contributed by atoms with Crippen LogP contribution in [-0.2, 0) is 0 Å². The quantitative estimate of drug-likeness (QED) is 0.692. The minimum atomic E-state index is 0.764. The minimum absolute atomic E-state index is 0.764. The molecule has 104 valence electrons. The van der Waals surface area contributed by atoms with Gasteiger partial charge in [0.2, 0.25) is 0 Å². The zero-order chi connectivity index (χ0) is 13.3. The van der Waals surface area contributed by atoms with Gasteiger partial charge in [-0.25, -0.2) is 0 Å². The summed E-state index contributed by atoms with van der Waals surface area (Å²) < 4.78 is 5.78. The van der Waals surface area contributed by atoms with Crippen LogP contribution in [0.4, 0.5) is 0 Å². The van der Waals surface area contributed by atoms with E-state index in [0.29, 0.717) is 0 Å². The molecule has 0 fully saturated rings. The summed E-state index contributed by atoms with van der Waals surface area (Å²) in [4.78, 5) is 0. The number of rotatable bonds is 9. The molecule has 0 aliphatic rings. The highest BCUT2D eigenvalue weighted by Gasteiger charge is 2.04. The van der Waals surface area contributed by atoms with Crippen molar-refractivity contribution in [3.63, 3.8) is 0 Å². The number of ether oxygens (including phenoxy) is 1. The fourth-order valence-corrected chi connectivity index (χ4v) is 2.20. The van der Waals surface area contributed by atoms with Gasteiger partial charge in [-0.2, -0.15) is 15.4 Å². The van der Waals surface area contributed by atoms with Crippen molar-refractivity contribution in [1.82, 2.24) is 15.4 Å². The van der Waals surface area contributed by atoms with Crippen molar-refractivity contribution < 1.29 is 4.74 Å². The second-order valence-electron chi connectivity index (χ2n) is 4.92. The van der Waals surface area contributed by atoms with Crippen LogP contribution in [0.15, 0.2) is 18.2 Å². The summed E-state index contributed by atoms with van der Waals surface area (Å²) in [5.74, 6) is 0.831. The Morgan fingerprint density at radius 2 is 1.79 bits per heavy atom. The molecule has 1 heterocycles. The van der Waals surface area contributed by atoms with Crippen LogP contribution in [0, 0.1) is 0 Å². The van der Waals surface area contributed by atoms with E-state index in [-0.39, 0.29) is 0 Å². The number of nitrogens with zero attached hydrogens (tertiary/aromatic N) is 2. The Bertz CT molecular complexity index is 481. The first-order valence-corrected chi connectivity index (χ1v) is 7.34. The number of aromatic amines is 1. The van der Waals surface area contributed by atoms with Crippen molar-refractivity contribution in [2.45, 2.75) is 51.9 Å². The van der Waals surface area contributed by atoms with Crippen LogP contribution < -0.4 is 4.74 Å². The van der Waals surface area contributed by atoms with Crippen LogP contribution in [-0.4, -0.2) is 22.0 Å². The van der Waals surface area contributed by atoms with Gasteiger partial charge in [0.05, 0.1) is 6.61 Å². The molecule has 0 aliphatic heterocycles. The van der Waals surface area contributed by atoms with Crippen molar-refractivity contribution in [1.29, 1.82) is 0 Å². The fourth-order valence-electron chi connectivity index (χ4n) is 2.20. The molecule has 0 saturated heterocycles. The molecule has 0 spiro atoms. The summed E-state index contributed by atoms with van der Waals surface area (Å²) >= 11 is 0. The van der Waals surface area contributed by atoms with Gasteiger partial charge in [-0.15, -0.1) is 0 Å². The van der Waals surface area contributed by atoms with Crippen LogP contribution in [0.25, 0.3) is 11.0 Å². The number of hydrogen-bond donors (Lipinski definition) is 1. The van der Waals surface area contributed by atoms with Gasteiger partial charge < -0.3 is 4.74 Å². The molecule has 0 amide bonds. The highest BCUT2D eigenvalue weighted by Crippen LogP contribution is 2.21. The molecular weight excluding hydrogens is 238 g/mol. The van der Waals surface area contributed by atoms with Gasteiger partial charge >= 0.3 is 0 Å². The van der Waals surface area contributed by atoms with Crippen LogP contribution in [0.1, 0.15) is 51.9 Å². The van der Waals surface area contributed by atoms with E-state index in [1.54, 1.807) is 0 Å². The number of H-pyrrole nitrogens is 1. The van der Waals surface area contributed by atoms with Crippen LogP contribution in [0.2, 0.25) is 0 Å². The van der Waals surface area contributed by atoms with E-state index < -0.39 is 0 Å². The molecule has 1 N–H and O–H groups in total. The maximum atomic E-state index is 5.78. The minimum Gasteiger partial charge on any atom is -0.491 e. The monoisotopic (exact) mass is 261 g/mol. The Balaban J connectivity index is 1.64. The first-order chi connectivity index (χ1) is 9.42. The highest BCUT2D eigenvalue weighted by molar-refractivity contribution is 5.80. The van der Waals surface area contributed by atoms with E-state index in [2.05, 4.69) is 22.3 Å². The molecule has 19 heavy (non-hydrogen) atoms. The van der Waals surface area contributed by atoms with Crippen molar-refractivity contribution in [3.8, 4) is 5.75 Å². The van der Waals surface area contributed by atoms with Crippen LogP contribution in [0.3, 0.4) is 0 Å². The zero-order valence-electron chi connectivity index (χ0n) is 11.7. The Morgan fingerprint density at radius 3 is 2.63 bits per heavy atom. The Labute approximate surface area is 114 Å². The number of para-hydroxylation sites is 1. The topological polar surface area (TPSA) is 50.8 Å². The fraction of sp³-hybridized carbons (Fsp3) is 0.600. The van der Waals surface area contributed by atoms with Gasteiger partial charge in [-0.3, -0.25) is 0 Å². The highest BCUT2D eigenvalue weighted by atomic mass is 16.5. The van der Waals surface area contributed by atoms with Crippen molar-refractivity contribution in [3.05, 3.63) is 18.2 Å². The zero-order valence-corrected chi connectivity index (χ0v) is 11.7. The predicted octanol–water partition coefficient (Wildman–Crippen LogP) is 4.09.